The Hall–Kier alpha value is -6.01. The predicted molar refractivity (Wildman–Crippen MR) is 199 cm³/mol. The fourth-order valence-electron chi connectivity index (χ4n) is 6.03. The van der Waals surface area contributed by atoms with Crippen molar-refractivity contribution in [3.8, 4) is 23.0 Å². The summed E-state index contributed by atoms with van der Waals surface area (Å²) in [5, 5.41) is 0. The van der Waals surface area contributed by atoms with E-state index >= 15 is 0 Å². The molecule has 0 fully saturated rings. The van der Waals surface area contributed by atoms with Crippen LogP contribution in [-0.4, -0.2) is 19.7 Å². The van der Waals surface area contributed by atoms with Crippen molar-refractivity contribution in [3.63, 3.8) is 0 Å². The first-order valence-electron chi connectivity index (χ1n) is 17.2. The lowest BCUT2D eigenvalue weighted by molar-refractivity contribution is -0.145. The maximum atomic E-state index is 14.0. The van der Waals surface area contributed by atoms with Gasteiger partial charge >= 0.3 is 5.97 Å². The van der Waals surface area contributed by atoms with Crippen LogP contribution in [0.5, 0.6) is 23.0 Å². The highest BCUT2D eigenvalue weighted by Crippen LogP contribution is 2.43. The number of hydrogen-bond donors (Lipinski definition) is 0. The molecule has 6 aromatic carbocycles. The van der Waals surface area contributed by atoms with E-state index in [2.05, 4.69) is 0 Å². The van der Waals surface area contributed by atoms with Crippen molar-refractivity contribution in [2.75, 3.05) is 13.7 Å². The van der Waals surface area contributed by atoms with Crippen LogP contribution >= 0.6 is 0 Å². The maximum absolute atomic E-state index is 14.0. The number of rotatable bonds is 16. The number of hydrogen-bond acceptors (Lipinski definition) is 6. The summed E-state index contributed by atoms with van der Waals surface area (Å²) in [4.78, 5) is 14.0. The molecular formula is C45H42O6. The third kappa shape index (κ3) is 9.37. The molecule has 0 amide bonds. The van der Waals surface area contributed by atoms with Gasteiger partial charge in [0.2, 0.25) is 0 Å². The molecule has 6 aromatic rings. The molecule has 1 unspecified atom stereocenters. The molecule has 0 heterocycles. The van der Waals surface area contributed by atoms with Gasteiger partial charge in [0.05, 0.1) is 19.6 Å². The minimum atomic E-state index is -0.700. The molecule has 6 heteroatoms. The molecule has 6 nitrogen and oxygen atoms in total. The number of ether oxygens (including phenoxy) is 5. The Morgan fingerprint density at radius 1 is 0.510 bits per heavy atom. The molecule has 0 spiro atoms. The third-order valence-corrected chi connectivity index (χ3v) is 8.63. The van der Waals surface area contributed by atoms with E-state index in [1.165, 1.54) is 0 Å². The quantitative estimate of drug-likeness (QED) is 0.0950. The number of esters is 1. The Labute approximate surface area is 300 Å². The Morgan fingerprint density at radius 3 is 1.37 bits per heavy atom. The molecule has 0 aliphatic rings. The lowest BCUT2D eigenvalue weighted by atomic mass is 9.77. The summed E-state index contributed by atoms with van der Waals surface area (Å²) in [6.45, 7) is 3.37. The Bertz CT molecular complexity index is 1860. The first kappa shape index (κ1) is 34.8. The second-order valence-electron chi connectivity index (χ2n) is 12.1. The number of carbonyl (C=O) groups is 1. The molecule has 0 aliphatic carbocycles. The number of carbonyl (C=O) groups excluding carboxylic acids is 1. The van der Waals surface area contributed by atoms with Crippen molar-refractivity contribution in [3.05, 3.63) is 191 Å². The van der Waals surface area contributed by atoms with Crippen LogP contribution in [-0.2, 0) is 29.4 Å². The highest BCUT2D eigenvalue weighted by molar-refractivity contribution is 5.81. The topological polar surface area (TPSA) is 63.2 Å². The van der Waals surface area contributed by atoms with Crippen molar-refractivity contribution < 1.29 is 28.5 Å². The third-order valence-electron chi connectivity index (χ3n) is 8.63. The van der Waals surface area contributed by atoms with Gasteiger partial charge in [-0.25, -0.2) is 0 Å². The Morgan fingerprint density at radius 2 is 0.941 bits per heavy atom. The van der Waals surface area contributed by atoms with Gasteiger partial charge in [0, 0.05) is 5.92 Å². The fraction of sp³-hybridized carbons (Fsp3) is 0.178. The first-order valence-corrected chi connectivity index (χ1v) is 17.2. The van der Waals surface area contributed by atoms with Crippen molar-refractivity contribution in [1.82, 2.24) is 0 Å². The van der Waals surface area contributed by atoms with Gasteiger partial charge in [-0.15, -0.1) is 0 Å². The summed E-state index contributed by atoms with van der Waals surface area (Å²) in [5.41, 5.74) is 5.82. The van der Waals surface area contributed by atoms with Crippen molar-refractivity contribution >= 4 is 5.97 Å². The zero-order chi connectivity index (χ0) is 35.3. The van der Waals surface area contributed by atoms with Crippen molar-refractivity contribution in [1.29, 1.82) is 0 Å². The summed E-state index contributed by atoms with van der Waals surface area (Å²) in [6, 6.07) is 51.6. The van der Waals surface area contributed by atoms with E-state index in [1.807, 2.05) is 165 Å². The molecule has 51 heavy (non-hydrogen) atoms. The monoisotopic (exact) mass is 678 g/mol. The van der Waals surface area contributed by atoms with Gasteiger partial charge in [0.1, 0.15) is 31.3 Å². The average molecular weight is 679 g/mol. The molecule has 0 saturated heterocycles. The van der Waals surface area contributed by atoms with Crippen LogP contribution in [0.25, 0.3) is 0 Å². The SMILES string of the molecule is CCOC(=O)C(c1ccc(OCc2ccccc2)c(OC)c1)C(c1ccc(OCc2ccccc2)cc1)c1ccc(OCc2ccccc2)cc1. The highest BCUT2D eigenvalue weighted by atomic mass is 16.5. The van der Waals surface area contributed by atoms with E-state index in [9.17, 15) is 4.79 Å². The van der Waals surface area contributed by atoms with Crippen LogP contribution in [0, 0.1) is 0 Å². The minimum Gasteiger partial charge on any atom is -0.493 e. The molecule has 0 N–H and O–H groups in total. The van der Waals surface area contributed by atoms with Gasteiger partial charge in [0.15, 0.2) is 11.5 Å². The second-order valence-corrected chi connectivity index (χ2v) is 12.1. The molecular weight excluding hydrogens is 636 g/mol. The minimum absolute atomic E-state index is 0.246. The van der Waals surface area contributed by atoms with Crippen LogP contribution in [0.4, 0.5) is 0 Å². The molecule has 0 saturated carbocycles. The van der Waals surface area contributed by atoms with Crippen molar-refractivity contribution in [2.45, 2.75) is 38.6 Å². The summed E-state index contributed by atoms with van der Waals surface area (Å²) in [7, 11) is 1.60. The number of methoxy groups -OCH3 is 1. The summed E-state index contributed by atoms with van der Waals surface area (Å²) >= 11 is 0. The van der Waals surface area contributed by atoms with E-state index in [1.54, 1.807) is 7.11 Å². The standard InChI is InChI=1S/C45H42O6/c1-3-48-45(46)44(38-23-28-41(42(29-38)47-2)51-32-35-17-11-6-12-18-35)43(36-19-24-39(25-20-36)49-30-33-13-7-4-8-14-33)37-21-26-40(27-22-37)50-31-34-15-9-5-10-16-34/h4-29,43-44H,3,30-32H2,1-2H3. The van der Waals surface area contributed by atoms with Gasteiger partial charge in [0.25, 0.3) is 0 Å². The van der Waals surface area contributed by atoms with Crippen LogP contribution < -0.4 is 18.9 Å². The van der Waals surface area contributed by atoms with Crippen LogP contribution in [0.15, 0.2) is 158 Å². The van der Waals surface area contributed by atoms with Crippen LogP contribution in [0.1, 0.15) is 52.1 Å². The largest absolute Gasteiger partial charge is 0.493 e. The fourth-order valence-corrected chi connectivity index (χ4v) is 6.03. The summed E-state index contributed by atoms with van der Waals surface area (Å²) < 4.78 is 29.9. The summed E-state index contributed by atoms with van der Waals surface area (Å²) in [5.74, 6) is 1.15. The molecule has 0 aromatic heterocycles. The van der Waals surface area contributed by atoms with E-state index < -0.39 is 11.8 Å². The molecule has 6 rings (SSSR count). The molecule has 258 valence electrons. The average Bonchev–Trinajstić information content (AvgIpc) is 3.19. The second kappa shape index (κ2) is 17.6. The van der Waals surface area contributed by atoms with Crippen molar-refractivity contribution in [2.24, 2.45) is 0 Å². The Kier molecular flexibility index (Phi) is 12.0. The number of benzene rings is 6. The zero-order valence-electron chi connectivity index (χ0n) is 28.9. The lowest BCUT2D eigenvalue weighted by Crippen LogP contribution is -2.24. The molecule has 0 bridgehead atoms. The summed E-state index contributed by atoms with van der Waals surface area (Å²) in [6.07, 6.45) is 0. The van der Waals surface area contributed by atoms with E-state index in [-0.39, 0.29) is 12.6 Å². The predicted octanol–water partition coefficient (Wildman–Crippen LogP) is 9.91. The molecule has 0 aliphatic heterocycles. The Balaban J connectivity index is 1.33. The molecule has 0 radical (unpaired) electrons. The zero-order valence-corrected chi connectivity index (χ0v) is 28.9. The van der Waals surface area contributed by atoms with Gasteiger partial charge < -0.3 is 23.7 Å². The van der Waals surface area contributed by atoms with Gasteiger partial charge in [-0.1, -0.05) is 121 Å². The van der Waals surface area contributed by atoms with Crippen LogP contribution in [0.2, 0.25) is 0 Å². The smallest absolute Gasteiger partial charge is 0.314 e. The lowest BCUT2D eigenvalue weighted by Gasteiger charge is -2.28. The maximum Gasteiger partial charge on any atom is 0.314 e. The van der Waals surface area contributed by atoms with E-state index in [4.69, 9.17) is 23.7 Å². The van der Waals surface area contributed by atoms with E-state index in [0.29, 0.717) is 31.3 Å². The first-order chi connectivity index (χ1) is 25.1. The molecule has 1 atom stereocenters. The normalized spacial score (nSPS) is 11.4. The van der Waals surface area contributed by atoms with Crippen LogP contribution in [0.3, 0.4) is 0 Å². The highest BCUT2D eigenvalue weighted by Gasteiger charge is 2.34. The van der Waals surface area contributed by atoms with Gasteiger partial charge in [-0.3, -0.25) is 4.79 Å². The van der Waals surface area contributed by atoms with Gasteiger partial charge in [-0.2, -0.15) is 0 Å². The van der Waals surface area contributed by atoms with E-state index in [0.717, 1.165) is 44.9 Å². The van der Waals surface area contributed by atoms with Gasteiger partial charge in [-0.05, 0) is 76.7 Å².